The van der Waals surface area contributed by atoms with E-state index in [1.165, 1.54) is 22.9 Å². The molecule has 0 aliphatic carbocycles. The molecule has 7 heteroatoms. The molecule has 3 rings (SSSR count). The molecule has 1 atom stereocenters. The summed E-state index contributed by atoms with van der Waals surface area (Å²) in [6.45, 7) is 4.91. The summed E-state index contributed by atoms with van der Waals surface area (Å²) < 4.78 is 7.07. The predicted octanol–water partition coefficient (Wildman–Crippen LogP) is 2.38. The van der Waals surface area contributed by atoms with Gasteiger partial charge in [0.25, 0.3) is 0 Å². The van der Waals surface area contributed by atoms with Gasteiger partial charge < -0.3 is 14.2 Å². The summed E-state index contributed by atoms with van der Waals surface area (Å²) in [4.78, 5) is 14.8. The summed E-state index contributed by atoms with van der Waals surface area (Å²) in [5, 5.41) is 8.75. The summed E-state index contributed by atoms with van der Waals surface area (Å²) >= 11 is 1.48. The van der Waals surface area contributed by atoms with E-state index in [4.69, 9.17) is 4.74 Å². The highest BCUT2D eigenvalue weighted by atomic mass is 32.2. The van der Waals surface area contributed by atoms with Crippen LogP contribution in [-0.2, 0) is 29.0 Å². The second kappa shape index (κ2) is 8.49. The average Bonchev–Trinajstić information content (AvgIpc) is 3.08. The Balaban J connectivity index is 1.59. The zero-order valence-corrected chi connectivity index (χ0v) is 15.5. The zero-order valence-electron chi connectivity index (χ0n) is 14.7. The Morgan fingerprint density at radius 3 is 2.96 bits per heavy atom. The maximum absolute atomic E-state index is 12.8. The van der Waals surface area contributed by atoms with Crippen molar-refractivity contribution in [1.82, 2.24) is 19.7 Å². The van der Waals surface area contributed by atoms with Gasteiger partial charge in [-0.05, 0) is 30.9 Å². The van der Waals surface area contributed by atoms with Crippen LogP contribution in [0.25, 0.3) is 0 Å². The van der Waals surface area contributed by atoms with Crippen molar-refractivity contribution in [3.63, 3.8) is 0 Å². The number of thioether (sulfide) groups is 1. The topological polar surface area (TPSA) is 60.2 Å². The second-order valence-corrected chi connectivity index (χ2v) is 7.50. The van der Waals surface area contributed by atoms with E-state index >= 15 is 0 Å². The fraction of sp³-hybridized carbons (Fsp3) is 0.500. The highest BCUT2D eigenvalue weighted by Gasteiger charge is 2.26. The normalized spacial score (nSPS) is 15.0. The highest BCUT2D eigenvalue weighted by Crippen LogP contribution is 2.25. The van der Waals surface area contributed by atoms with Crippen LogP contribution in [0.4, 0.5) is 0 Å². The smallest absolute Gasteiger partial charge is 0.236 e. The molecule has 0 bridgehead atoms. The molecule has 1 aliphatic heterocycles. The van der Waals surface area contributed by atoms with E-state index in [1.807, 2.05) is 22.5 Å². The van der Waals surface area contributed by atoms with Crippen molar-refractivity contribution in [3.8, 4) is 0 Å². The summed E-state index contributed by atoms with van der Waals surface area (Å²) in [6, 6.07) is 8.36. The number of hydrogen-bond donors (Lipinski definition) is 0. The van der Waals surface area contributed by atoms with E-state index < -0.39 is 0 Å². The number of benzene rings is 1. The van der Waals surface area contributed by atoms with E-state index in [2.05, 4.69) is 28.4 Å². The molecule has 1 aromatic heterocycles. The maximum Gasteiger partial charge on any atom is 0.236 e. The zero-order chi connectivity index (χ0) is 17.6. The van der Waals surface area contributed by atoms with Gasteiger partial charge in [0, 0.05) is 33.4 Å². The lowest BCUT2D eigenvalue weighted by Crippen LogP contribution is -2.40. The number of aryl methyl sites for hydroxylation is 1. The number of ether oxygens (including phenoxy) is 1. The maximum atomic E-state index is 12.8. The van der Waals surface area contributed by atoms with Gasteiger partial charge in [-0.2, -0.15) is 0 Å². The molecule has 2 aromatic rings. The fourth-order valence-electron chi connectivity index (χ4n) is 3.02. The summed E-state index contributed by atoms with van der Waals surface area (Å²) in [7, 11) is 1.69. The minimum absolute atomic E-state index is 0.158. The van der Waals surface area contributed by atoms with Gasteiger partial charge in [-0.25, -0.2) is 0 Å². The van der Waals surface area contributed by atoms with Gasteiger partial charge in [-0.15, -0.1) is 10.2 Å². The lowest BCUT2D eigenvalue weighted by molar-refractivity contribution is -0.131. The number of methoxy groups -OCH3 is 1. The van der Waals surface area contributed by atoms with Gasteiger partial charge in [0.05, 0.1) is 5.25 Å². The quantitative estimate of drug-likeness (QED) is 0.560. The van der Waals surface area contributed by atoms with Crippen LogP contribution in [0.3, 0.4) is 0 Å². The molecule has 1 aliphatic rings. The van der Waals surface area contributed by atoms with Gasteiger partial charge in [0.1, 0.15) is 6.33 Å². The first-order valence-electron chi connectivity index (χ1n) is 8.58. The molecule has 6 nitrogen and oxygen atoms in total. The number of amides is 1. The van der Waals surface area contributed by atoms with Crippen LogP contribution in [0.2, 0.25) is 0 Å². The Bertz CT molecular complexity index is 719. The van der Waals surface area contributed by atoms with Crippen LogP contribution in [0.15, 0.2) is 35.7 Å². The van der Waals surface area contributed by atoms with Crippen molar-refractivity contribution < 1.29 is 9.53 Å². The van der Waals surface area contributed by atoms with Crippen LogP contribution < -0.4 is 0 Å². The van der Waals surface area contributed by atoms with E-state index in [0.29, 0.717) is 13.2 Å². The first-order chi connectivity index (χ1) is 12.2. The summed E-state index contributed by atoms with van der Waals surface area (Å²) in [6.07, 6.45) is 3.53. The molecule has 0 N–H and O–H groups in total. The largest absolute Gasteiger partial charge is 0.385 e. The average molecular weight is 360 g/mol. The van der Waals surface area contributed by atoms with E-state index in [1.54, 1.807) is 13.4 Å². The van der Waals surface area contributed by atoms with Crippen molar-refractivity contribution in [2.75, 3.05) is 20.3 Å². The van der Waals surface area contributed by atoms with E-state index in [9.17, 15) is 4.79 Å². The lowest BCUT2D eigenvalue weighted by atomic mass is 10.00. The second-order valence-electron chi connectivity index (χ2n) is 6.19. The van der Waals surface area contributed by atoms with Crippen LogP contribution in [0.1, 0.15) is 24.5 Å². The molecule has 0 spiro atoms. The minimum Gasteiger partial charge on any atom is -0.385 e. The Morgan fingerprint density at radius 1 is 1.36 bits per heavy atom. The third-order valence-corrected chi connectivity index (χ3v) is 5.48. The third-order valence-electron chi connectivity index (χ3n) is 4.40. The van der Waals surface area contributed by atoms with Gasteiger partial charge in [-0.3, -0.25) is 4.79 Å². The number of aromatic nitrogens is 3. The van der Waals surface area contributed by atoms with E-state index in [0.717, 1.165) is 31.1 Å². The molecule has 0 radical (unpaired) electrons. The number of hydrogen-bond acceptors (Lipinski definition) is 5. The van der Waals surface area contributed by atoms with Gasteiger partial charge in [0.2, 0.25) is 5.91 Å². The molecular formula is C18H24N4O2S. The number of rotatable bonds is 7. The molecule has 0 saturated carbocycles. The molecule has 1 amide bonds. The predicted molar refractivity (Wildman–Crippen MR) is 97.4 cm³/mol. The van der Waals surface area contributed by atoms with E-state index in [-0.39, 0.29) is 11.2 Å². The first kappa shape index (κ1) is 17.9. The van der Waals surface area contributed by atoms with Crippen molar-refractivity contribution in [3.05, 3.63) is 41.7 Å². The Labute approximate surface area is 152 Å². The summed E-state index contributed by atoms with van der Waals surface area (Å²) in [5.41, 5.74) is 2.60. The van der Waals surface area contributed by atoms with Gasteiger partial charge in [0.15, 0.2) is 5.16 Å². The van der Waals surface area contributed by atoms with Crippen molar-refractivity contribution in [1.29, 1.82) is 0 Å². The molecule has 134 valence electrons. The Kier molecular flexibility index (Phi) is 6.09. The van der Waals surface area contributed by atoms with Gasteiger partial charge in [-0.1, -0.05) is 36.0 Å². The van der Waals surface area contributed by atoms with Crippen molar-refractivity contribution >= 4 is 17.7 Å². The van der Waals surface area contributed by atoms with Crippen molar-refractivity contribution in [2.45, 2.75) is 43.3 Å². The minimum atomic E-state index is -0.185. The fourth-order valence-corrected chi connectivity index (χ4v) is 3.95. The van der Waals surface area contributed by atoms with Crippen LogP contribution >= 0.6 is 11.8 Å². The molecule has 0 saturated heterocycles. The number of carbonyl (C=O) groups is 1. The molecule has 1 unspecified atom stereocenters. The summed E-state index contributed by atoms with van der Waals surface area (Å²) in [5.74, 6) is 0.158. The van der Waals surface area contributed by atoms with Gasteiger partial charge >= 0.3 is 0 Å². The van der Waals surface area contributed by atoms with Crippen LogP contribution in [0, 0.1) is 0 Å². The Morgan fingerprint density at radius 2 is 2.16 bits per heavy atom. The highest BCUT2D eigenvalue weighted by molar-refractivity contribution is 8.00. The molecule has 25 heavy (non-hydrogen) atoms. The third kappa shape index (κ3) is 4.41. The Hall–Kier alpha value is -1.86. The number of nitrogens with zero attached hydrogens (tertiary/aromatic N) is 4. The SMILES string of the molecule is COCCCn1cnnc1SC(C)C(=O)N1CCc2ccccc2C1. The van der Waals surface area contributed by atoms with Crippen LogP contribution in [0.5, 0.6) is 0 Å². The molecule has 0 fully saturated rings. The molecule has 1 aromatic carbocycles. The molecule has 2 heterocycles. The first-order valence-corrected chi connectivity index (χ1v) is 9.46. The standard InChI is InChI=1S/C18H24N4O2S/c1-14(25-18-20-19-13-22(18)9-5-11-24-2)17(23)21-10-8-15-6-3-4-7-16(15)12-21/h3-4,6-7,13-14H,5,8-12H2,1-2H3. The van der Waals surface area contributed by atoms with Crippen molar-refractivity contribution in [2.24, 2.45) is 0 Å². The lowest BCUT2D eigenvalue weighted by Gasteiger charge is -2.30. The molecular weight excluding hydrogens is 336 g/mol. The number of carbonyl (C=O) groups excluding carboxylic acids is 1. The van der Waals surface area contributed by atoms with Crippen LogP contribution in [-0.4, -0.2) is 51.1 Å². The number of fused-ring (bicyclic) bond motifs is 1. The monoisotopic (exact) mass is 360 g/mol.